The van der Waals surface area contributed by atoms with Gasteiger partial charge in [-0.05, 0) is 12.8 Å². The smallest absolute Gasteiger partial charge is 0.165 e. The number of benzene rings is 1. The number of halogens is 4. The van der Waals surface area contributed by atoms with Gasteiger partial charge in [0.1, 0.15) is 0 Å². The first-order valence-corrected chi connectivity index (χ1v) is 9.57. The van der Waals surface area contributed by atoms with Crippen LogP contribution in [-0.4, -0.2) is 8.07 Å². The minimum absolute atomic E-state index is 0.0218. The molecule has 0 aromatic heterocycles. The van der Waals surface area contributed by atoms with Crippen LogP contribution in [0.5, 0.6) is 0 Å². The first-order chi connectivity index (χ1) is 8.21. The van der Waals surface area contributed by atoms with Gasteiger partial charge in [0.2, 0.25) is 0 Å². The molecular weight excluding hydrogens is 260 g/mol. The first-order valence-electron chi connectivity index (χ1n) is 6.07. The van der Waals surface area contributed by atoms with Crippen LogP contribution >= 0.6 is 0 Å². The summed E-state index contributed by atoms with van der Waals surface area (Å²) in [6.45, 7) is 6.80. The Balaban J connectivity index is 3.46. The molecule has 5 heteroatoms. The van der Waals surface area contributed by atoms with E-state index in [0.717, 1.165) is 0 Å². The molecule has 0 amide bonds. The van der Waals surface area contributed by atoms with Gasteiger partial charge >= 0.3 is 0 Å². The summed E-state index contributed by atoms with van der Waals surface area (Å²) in [6, 6.07) is 0. The largest absolute Gasteiger partial charge is 0.204 e. The minimum Gasteiger partial charge on any atom is -0.204 e. The third kappa shape index (κ3) is 2.76. The summed E-state index contributed by atoms with van der Waals surface area (Å²) in [4.78, 5) is 0. The van der Waals surface area contributed by atoms with E-state index in [2.05, 4.69) is 0 Å². The Kier molecular flexibility index (Phi) is 4.59. The normalized spacial score (nSPS) is 12.0. The summed E-state index contributed by atoms with van der Waals surface area (Å²) >= 11 is 0. The topological polar surface area (TPSA) is 0 Å². The van der Waals surface area contributed by atoms with Crippen molar-refractivity contribution in [3.8, 4) is 0 Å². The van der Waals surface area contributed by atoms with E-state index in [4.69, 9.17) is 0 Å². The highest BCUT2D eigenvalue weighted by atomic mass is 28.3. The molecule has 0 nitrogen and oxygen atoms in total. The Labute approximate surface area is 106 Å². The van der Waals surface area contributed by atoms with Gasteiger partial charge in [0.15, 0.2) is 23.3 Å². The summed E-state index contributed by atoms with van der Waals surface area (Å²) in [5.74, 6) is -4.86. The fraction of sp³-hybridized carbons (Fsp3) is 0.538. The number of rotatable bonds is 4. The van der Waals surface area contributed by atoms with E-state index in [9.17, 15) is 17.6 Å². The maximum Gasteiger partial charge on any atom is 0.165 e. The van der Waals surface area contributed by atoms with Gasteiger partial charge in [0.05, 0.1) is 8.07 Å². The molecule has 0 aliphatic heterocycles. The van der Waals surface area contributed by atoms with Crippen molar-refractivity contribution in [3.05, 3.63) is 28.8 Å². The van der Waals surface area contributed by atoms with Crippen LogP contribution in [0.15, 0.2) is 0 Å². The Morgan fingerprint density at radius 1 is 0.833 bits per heavy atom. The fourth-order valence-corrected chi connectivity index (χ4v) is 3.45. The molecule has 0 aliphatic rings. The molecule has 0 spiro atoms. The molecular formula is C13H18F4Si. The molecule has 0 atom stereocenters. The fourth-order valence-electron chi connectivity index (χ4n) is 1.91. The van der Waals surface area contributed by atoms with E-state index in [1.54, 1.807) is 19.6 Å². The Hall–Kier alpha value is -0.843. The SMILES string of the molecule is CCCCc1c(F)c(F)c([Si](C)(C)C)c(F)c1F. The standard InChI is InChI=1S/C13H18F4Si/c1-5-6-7-8-9(14)11(16)13(18(2,3)4)12(17)10(8)15/h5-7H2,1-4H3. The zero-order valence-corrected chi connectivity index (χ0v) is 12.1. The van der Waals surface area contributed by atoms with Crippen LogP contribution in [0.4, 0.5) is 17.6 Å². The first kappa shape index (κ1) is 15.2. The van der Waals surface area contributed by atoms with Crippen LogP contribution in [0.25, 0.3) is 0 Å². The van der Waals surface area contributed by atoms with Gasteiger partial charge in [-0.15, -0.1) is 0 Å². The van der Waals surface area contributed by atoms with Crippen LogP contribution in [0.2, 0.25) is 19.6 Å². The van der Waals surface area contributed by atoms with E-state index >= 15 is 0 Å². The number of hydrogen-bond donors (Lipinski definition) is 0. The lowest BCUT2D eigenvalue weighted by molar-refractivity contribution is 0.444. The van der Waals surface area contributed by atoms with Crippen molar-refractivity contribution in [1.29, 1.82) is 0 Å². The Morgan fingerprint density at radius 2 is 1.28 bits per heavy atom. The van der Waals surface area contributed by atoms with E-state index in [0.29, 0.717) is 12.8 Å². The minimum atomic E-state index is -2.47. The van der Waals surface area contributed by atoms with Gasteiger partial charge in [0.25, 0.3) is 0 Å². The third-order valence-electron chi connectivity index (χ3n) is 2.88. The quantitative estimate of drug-likeness (QED) is 0.441. The maximum absolute atomic E-state index is 13.9. The van der Waals surface area contributed by atoms with Gasteiger partial charge in [-0.1, -0.05) is 33.0 Å². The van der Waals surface area contributed by atoms with E-state index in [-0.39, 0.29) is 6.42 Å². The van der Waals surface area contributed by atoms with Crippen molar-refractivity contribution in [2.24, 2.45) is 0 Å². The van der Waals surface area contributed by atoms with E-state index < -0.39 is 42.1 Å². The molecule has 0 fully saturated rings. The third-order valence-corrected chi connectivity index (χ3v) is 4.82. The lowest BCUT2D eigenvalue weighted by Crippen LogP contribution is -2.44. The zero-order valence-electron chi connectivity index (χ0n) is 11.1. The van der Waals surface area contributed by atoms with Gasteiger partial charge in [0, 0.05) is 10.8 Å². The number of hydrogen-bond acceptors (Lipinski definition) is 0. The van der Waals surface area contributed by atoms with Gasteiger partial charge in [-0.2, -0.15) is 0 Å². The zero-order chi connectivity index (χ0) is 14.1. The maximum atomic E-state index is 13.9. The summed E-state index contributed by atoms with van der Waals surface area (Å²) < 4.78 is 55.4. The second-order valence-electron chi connectivity index (χ2n) is 5.46. The molecule has 0 bridgehead atoms. The lowest BCUT2D eigenvalue weighted by atomic mass is 10.1. The van der Waals surface area contributed by atoms with Gasteiger partial charge < -0.3 is 0 Å². The van der Waals surface area contributed by atoms with Crippen LogP contribution in [-0.2, 0) is 6.42 Å². The molecule has 0 unspecified atom stereocenters. The van der Waals surface area contributed by atoms with Crippen LogP contribution in [0.3, 0.4) is 0 Å². The monoisotopic (exact) mass is 278 g/mol. The molecule has 1 rings (SSSR count). The van der Waals surface area contributed by atoms with Gasteiger partial charge in [-0.25, -0.2) is 17.6 Å². The molecule has 0 saturated carbocycles. The van der Waals surface area contributed by atoms with Gasteiger partial charge in [-0.3, -0.25) is 0 Å². The van der Waals surface area contributed by atoms with Crippen molar-refractivity contribution in [1.82, 2.24) is 0 Å². The van der Waals surface area contributed by atoms with E-state index in [1.807, 2.05) is 6.92 Å². The average Bonchev–Trinajstić information content (AvgIpc) is 2.25. The molecule has 0 saturated heterocycles. The number of unbranched alkanes of at least 4 members (excludes halogenated alkanes) is 1. The highest BCUT2D eigenvalue weighted by molar-refractivity contribution is 6.88. The molecule has 0 radical (unpaired) electrons. The lowest BCUT2D eigenvalue weighted by Gasteiger charge is -2.20. The van der Waals surface area contributed by atoms with Crippen molar-refractivity contribution in [2.75, 3.05) is 0 Å². The molecule has 18 heavy (non-hydrogen) atoms. The molecule has 0 heterocycles. The van der Waals surface area contributed by atoms with Crippen molar-refractivity contribution >= 4 is 13.3 Å². The summed E-state index contributed by atoms with van der Waals surface area (Å²) in [5, 5.41) is -0.391. The molecule has 1 aromatic rings. The molecule has 102 valence electrons. The summed E-state index contributed by atoms with van der Waals surface area (Å²) in [5.41, 5.74) is -0.464. The Morgan fingerprint density at radius 3 is 1.61 bits per heavy atom. The average molecular weight is 278 g/mol. The summed E-state index contributed by atoms with van der Waals surface area (Å²) in [6.07, 6.45) is 1.23. The van der Waals surface area contributed by atoms with Crippen molar-refractivity contribution < 1.29 is 17.6 Å². The predicted molar refractivity (Wildman–Crippen MR) is 67.9 cm³/mol. The van der Waals surface area contributed by atoms with Crippen molar-refractivity contribution in [2.45, 2.75) is 45.8 Å². The molecule has 1 aromatic carbocycles. The van der Waals surface area contributed by atoms with Crippen LogP contribution in [0, 0.1) is 23.3 Å². The highest BCUT2D eigenvalue weighted by Gasteiger charge is 2.32. The second-order valence-corrected chi connectivity index (χ2v) is 10.5. The molecule has 0 N–H and O–H groups in total. The highest BCUT2D eigenvalue weighted by Crippen LogP contribution is 2.22. The predicted octanol–water partition coefficient (Wildman–Crippen LogP) is 4.13. The second kappa shape index (κ2) is 5.43. The summed E-state index contributed by atoms with van der Waals surface area (Å²) in [7, 11) is -2.47. The van der Waals surface area contributed by atoms with Crippen LogP contribution < -0.4 is 5.19 Å². The molecule has 0 aliphatic carbocycles. The Bertz CT molecular complexity index is 420. The van der Waals surface area contributed by atoms with Crippen LogP contribution in [0.1, 0.15) is 25.3 Å². The van der Waals surface area contributed by atoms with Crippen molar-refractivity contribution in [3.63, 3.8) is 0 Å². The van der Waals surface area contributed by atoms with E-state index in [1.165, 1.54) is 0 Å².